The molecule has 0 atom stereocenters. The van der Waals surface area contributed by atoms with Gasteiger partial charge in [-0.3, -0.25) is 0 Å². The lowest BCUT2D eigenvalue weighted by molar-refractivity contribution is 1.03. The van der Waals surface area contributed by atoms with Gasteiger partial charge in [-0.15, -0.1) is 0 Å². The third-order valence-corrected chi connectivity index (χ3v) is 2.71. The molecule has 0 radical (unpaired) electrons. The zero-order valence-corrected chi connectivity index (χ0v) is 9.01. The third kappa shape index (κ3) is 1.59. The second kappa shape index (κ2) is 3.46. The molecule has 1 nitrogen and oxygen atoms in total. The van der Waals surface area contributed by atoms with Gasteiger partial charge >= 0.3 is 0 Å². The highest BCUT2D eigenvalue weighted by atomic mass is 79.9. The van der Waals surface area contributed by atoms with Crippen molar-refractivity contribution in [3.8, 4) is 0 Å². The zero-order chi connectivity index (χ0) is 9.26. The summed E-state index contributed by atoms with van der Waals surface area (Å²) in [6.07, 6.45) is 0.976. The van der Waals surface area contributed by atoms with Crippen molar-refractivity contribution in [2.24, 2.45) is 0 Å². The van der Waals surface area contributed by atoms with Gasteiger partial charge in [-0.25, -0.2) is 4.98 Å². The van der Waals surface area contributed by atoms with Crippen LogP contribution in [0.3, 0.4) is 0 Å². The number of halogens is 1. The van der Waals surface area contributed by atoms with Gasteiger partial charge in [-0.05, 0) is 33.8 Å². The first kappa shape index (κ1) is 8.70. The van der Waals surface area contributed by atoms with Crippen LogP contribution in [0.4, 0.5) is 0 Å². The molecule has 0 bridgehead atoms. The van der Waals surface area contributed by atoms with E-state index in [9.17, 15) is 0 Å². The number of hydrogen-bond acceptors (Lipinski definition) is 1. The minimum absolute atomic E-state index is 0.947. The molecule has 1 aromatic heterocycles. The predicted molar refractivity (Wildman–Crippen MR) is 58.8 cm³/mol. The highest BCUT2D eigenvalue weighted by Crippen LogP contribution is 2.22. The molecule has 0 aliphatic rings. The number of pyridine rings is 1. The first-order valence-electron chi connectivity index (χ1n) is 4.35. The Morgan fingerprint density at radius 3 is 2.85 bits per heavy atom. The molecule has 0 saturated carbocycles. The quantitative estimate of drug-likeness (QED) is 0.690. The van der Waals surface area contributed by atoms with E-state index in [-0.39, 0.29) is 0 Å². The molecular weight excluding hydrogens is 226 g/mol. The summed E-state index contributed by atoms with van der Waals surface area (Å²) in [7, 11) is 0. The van der Waals surface area contributed by atoms with Crippen LogP contribution < -0.4 is 0 Å². The number of aromatic nitrogens is 1. The van der Waals surface area contributed by atoms with Gasteiger partial charge in [0.1, 0.15) is 4.60 Å². The van der Waals surface area contributed by atoms with Gasteiger partial charge in [-0.2, -0.15) is 0 Å². The maximum absolute atomic E-state index is 4.44. The van der Waals surface area contributed by atoms with Gasteiger partial charge in [0.25, 0.3) is 0 Å². The minimum Gasteiger partial charge on any atom is -0.245 e. The number of fused-ring (bicyclic) bond motifs is 1. The normalized spacial score (nSPS) is 10.6. The minimum atomic E-state index is 0.947. The molecule has 2 heteroatoms. The summed E-state index contributed by atoms with van der Waals surface area (Å²) in [5.74, 6) is 0. The van der Waals surface area contributed by atoms with Crippen molar-refractivity contribution < 1.29 is 0 Å². The molecule has 66 valence electrons. The van der Waals surface area contributed by atoms with Gasteiger partial charge in [-0.1, -0.05) is 31.2 Å². The third-order valence-electron chi connectivity index (χ3n) is 2.11. The molecule has 0 N–H and O–H groups in total. The van der Waals surface area contributed by atoms with E-state index >= 15 is 0 Å². The average Bonchev–Trinajstić information content (AvgIpc) is 2.18. The molecule has 0 spiro atoms. The smallest absolute Gasteiger partial charge is 0.114 e. The van der Waals surface area contributed by atoms with E-state index in [0.717, 1.165) is 16.7 Å². The molecule has 0 aliphatic heterocycles. The standard InChI is InChI=1S/C11H10BrN/c1-2-9-7-8-5-3-4-6-10(8)11(12)13-9/h3-7H,2H2,1H3. The molecule has 0 fully saturated rings. The second-order valence-corrected chi connectivity index (χ2v) is 3.73. The van der Waals surface area contributed by atoms with Crippen LogP contribution in [0.1, 0.15) is 12.6 Å². The van der Waals surface area contributed by atoms with E-state index in [2.05, 4.69) is 46.0 Å². The second-order valence-electron chi connectivity index (χ2n) is 2.98. The predicted octanol–water partition coefficient (Wildman–Crippen LogP) is 3.56. The summed E-state index contributed by atoms with van der Waals surface area (Å²) < 4.78 is 0.947. The highest BCUT2D eigenvalue weighted by molar-refractivity contribution is 9.10. The molecule has 0 unspecified atom stereocenters. The summed E-state index contributed by atoms with van der Waals surface area (Å²) in [4.78, 5) is 4.44. The Balaban J connectivity index is 2.77. The SMILES string of the molecule is CCc1cc2ccccc2c(Br)n1. The first-order chi connectivity index (χ1) is 6.31. The van der Waals surface area contributed by atoms with E-state index in [4.69, 9.17) is 0 Å². The van der Waals surface area contributed by atoms with Crippen LogP contribution >= 0.6 is 15.9 Å². The summed E-state index contributed by atoms with van der Waals surface area (Å²) >= 11 is 3.48. The molecule has 0 amide bonds. The van der Waals surface area contributed by atoms with Crippen molar-refractivity contribution in [1.29, 1.82) is 0 Å². The Labute approximate surface area is 85.9 Å². The van der Waals surface area contributed by atoms with Crippen LogP contribution in [-0.2, 0) is 6.42 Å². The van der Waals surface area contributed by atoms with E-state index in [0.29, 0.717) is 0 Å². The van der Waals surface area contributed by atoms with Gasteiger partial charge in [0, 0.05) is 11.1 Å². The van der Waals surface area contributed by atoms with E-state index in [1.807, 2.05) is 12.1 Å². The Hall–Kier alpha value is -0.890. The van der Waals surface area contributed by atoms with Gasteiger partial charge < -0.3 is 0 Å². The number of nitrogens with zero attached hydrogens (tertiary/aromatic N) is 1. The molecule has 1 heterocycles. The van der Waals surface area contributed by atoms with E-state index < -0.39 is 0 Å². The number of aryl methyl sites for hydroxylation is 1. The molecule has 13 heavy (non-hydrogen) atoms. The number of benzene rings is 1. The highest BCUT2D eigenvalue weighted by Gasteiger charge is 2.00. The molecular formula is C11H10BrN. The van der Waals surface area contributed by atoms with Crippen molar-refractivity contribution in [3.63, 3.8) is 0 Å². The Morgan fingerprint density at radius 2 is 2.08 bits per heavy atom. The van der Waals surface area contributed by atoms with Crippen LogP contribution in [0.2, 0.25) is 0 Å². The Kier molecular flexibility index (Phi) is 2.32. The maximum atomic E-state index is 4.44. The van der Waals surface area contributed by atoms with E-state index in [1.54, 1.807) is 0 Å². The van der Waals surface area contributed by atoms with Gasteiger partial charge in [0.2, 0.25) is 0 Å². The molecule has 2 rings (SSSR count). The van der Waals surface area contributed by atoms with Crippen LogP contribution in [0.15, 0.2) is 34.9 Å². The van der Waals surface area contributed by atoms with Crippen molar-refractivity contribution in [2.45, 2.75) is 13.3 Å². The average molecular weight is 236 g/mol. The fraction of sp³-hybridized carbons (Fsp3) is 0.182. The lowest BCUT2D eigenvalue weighted by Crippen LogP contribution is -1.88. The summed E-state index contributed by atoms with van der Waals surface area (Å²) in [6, 6.07) is 10.4. The van der Waals surface area contributed by atoms with Gasteiger partial charge in [0.05, 0.1) is 0 Å². The topological polar surface area (TPSA) is 12.9 Å². The van der Waals surface area contributed by atoms with Crippen molar-refractivity contribution >= 4 is 26.7 Å². The summed E-state index contributed by atoms with van der Waals surface area (Å²) in [6.45, 7) is 2.11. The number of rotatable bonds is 1. The van der Waals surface area contributed by atoms with Crippen molar-refractivity contribution in [1.82, 2.24) is 4.98 Å². The van der Waals surface area contributed by atoms with Crippen LogP contribution in [0.5, 0.6) is 0 Å². The Morgan fingerprint density at radius 1 is 1.31 bits per heavy atom. The lowest BCUT2D eigenvalue weighted by atomic mass is 10.1. The fourth-order valence-corrected chi connectivity index (χ4v) is 1.98. The maximum Gasteiger partial charge on any atom is 0.114 e. The summed E-state index contributed by atoms with van der Waals surface area (Å²) in [5, 5.41) is 2.43. The van der Waals surface area contributed by atoms with Crippen LogP contribution in [0.25, 0.3) is 10.8 Å². The largest absolute Gasteiger partial charge is 0.245 e. The van der Waals surface area contributed by atoms with Crippen molar-refractivity contribution in [3.05, 3.63) is 40.6 Å². The van der Waals surface area contributed by atoms with Crippen LogP contribution in [-0.4, -0.2) is 4.98 Å². The van der Waals surface area contributed by atoms with Gasteiger partial charge in [0.15, 0.2) is 0 Å². The lowest BCUT2D eigenvalue weighted by Gasteiger charge is -2.02. The molecule has 0 saturated heterocycles. The van der Waals surface area contributed by atoms with E-state index in [1.165, 1.54) is 10.8 Å². The van der Waals surface area contributed by atoms with Crippen molar-refractivity contribution in [2.75, 3.05) is 0 Å². The molecule has 0 aliphatic carbocycles. The first-order valence-corrected chi connectivity index (χ1v) is 5.14. The fourth-order valence-electron chi connectivity index (χ4n) is 1.39. The Bertz CT molecular complexity index is 437. The summed E-state index contributed by atoms with van der Waals surface area (Å²) in [5.41, 5.74) is 1.13. The van der Waals surface area contributed by atoms with Crippen LogP contribution in [0, 0.1) is 0 Å². The zero-order valence-electron chi connectivity index (χ0n) is 7.42. The monoisotopic (exact) mass is 235 g/mol. The number of hydrogen-bond donors (Lipinski definition) is 0. The molecule has 2 aromatic rings. The molecule has 1 aromatic carbocycles.